The van der Waals surface area contributed by atoms with Crippen LogP contribution < -0.4 is 15.0 Å². The van der Waals surface area contributed by atoms with Crippen LogP contribution in [-0.2, 0) is 20.9 Å². The summed E-state index contributed by atoms with van der Waals surface area (Å²) in [5.74, 6) is -0.760. The minimum atomic E-state index is -0.875. The first-order valence-electron chi connectivity index (χ1n) is 11.4. The van der Waals surface area contributed by atoms with Crippen molar-refractivity contribution in [2.75, 3.05) is 31.0 Å². The molecule has 0 aliphatic rings. The number of nitro groups is 2. The number of methoxy groups -OCH3 is 2. The number of nitro benzene ring substituents is 2. The van der Waals surface area contributed by atoms with Crippen molar-refractivity contribution in [1.29, 1.82) is 0 Å². The summed E-state index contributed by atoms with van der Waals surface area (Å²) in [6.45, 7) is 1.38. The minimum Gasteiger partial charge on any atom is -0.494 e. The number of anilines is 2. The Bertz CT molecular complexity index is 1480. The number of esters is 1. The number of carbonyl (C=O) groups is 2. The Labute approximate surface area is 232 Å². The molecule has 0 heterocycles. The zero-order chi connectivity index (χ0) is 29.4. The Morgan fingerprint density at radius 1 is 1.02 bits per heavy atom. The lowest BCUT2D eigenvalue weighted by Gasteiger charge is -2.26. The van der Waals surface area contributed by atoms with E-state index in [2.05, 4.69) is 15.5 Å². The monoisotopic (exact) mass is 570 g/mol. The molecule has 3 aromatic rings. The summed E-state index contributed by atoms with van der Waals surface area (Å²) in [5, 5.41) is 32.8. The summed E-state index contributed by atoms with van der Waals surface area (Å²) < 4.78 is 10.4. The Hall–Kier alpha value is -5.11. The van der Waals surface area contributed by atoms with Crippen LogP contribution in [0.4, 0.5) is 34.1 Å². The molecule has 0 aliphatic carbocycles. The minimum absolute atomic E-state index is 0.0252. The maximum Gasteiger partial charge on any atom is 0.325 e. The first-order chi connectivity index (χ1) is 19.0. The number of carbonyl (C=O) groups excluding carboxylic acids is 2. The second-order valence-electron chi connectivity index (χ2n) is 8.15. The molecule has 15 heteroatoms. The Morgan fingerprint density at radius 3 is 2.30 bits per heavy atom. The molecular weight excluding hydrogens is 548 g/mol. The van der Waals surface area contributed by atoms with E-state index in [1.807, 2.05) is 30.3 Å². The van der Waals surface area contributed by atoms with E-state index < -0.39 is 38.8 Å². The molecule has 40 heavy (non-hydrogen) atoms. The van der Waals surface area contributed by atoms with E-state index in [0.717, 1.165) is 11.6 Å². The highest BCUT2D eigenvalue weighted by Gasteiger charge is 2.25. The lowest BCUT2D eigenvalue weighted by atomic mass is 10.1. The highest BCUT2D eigenvalue weighted by Crippen LogP contribution is 2.43. The topological polar surface area (TPSA) is 179 Å². The zero-order valence-electron chi connectivity index (χ0n) is 21.5. The predicted molar refractivity (Wildman–Crippen MR) is 146 cm³/mol. The van der Waals surface area contributed by atoms with Gasteiger partial charge in [0.15, 0.2) is 5.69 Å². The average molecular weight is 571 g/mol. The summed E-state index contributed by atoms with van der Waals surface area (Å²) >= 11 is 6.07. The second kappa shape index (κ2) is 13.1. The fourth-order valence-corrected chi connectivity index (χ4v) is 3.86. The van der Waals surface area contributed by atoms with Gasteiger partial charge in [-0.3, -0.25) is 29.8 Å². The number of halogens is 1. The standard InChI is InChI=1S/C25H23ClN6O8/c1-15(33)27-19-11-21(30(14-24(34)40-3)13-16-7-5-4-6-8-16)23(39-2)12-20(19)28-29-25-18(26)9-17(31(35)36)10-22(25)32(37)38/h4-12H,13-14H2,1-3H3,(H,27,33). The number of azo groups is 1. The number of hydrogen-bond donors (Lipinski definition) is 1. The Balaban J connectivity index is 2.15. The molecule has 0 atom stereocenters. The molecular formula is C25H23ClN6O8. The molecule has 1 N–H and O–H groups in total. The molecule has 0 saturated heterocycles. The Kier molecular flexibility index (Phi) is 9.65. The first-order valence-corrected chi connectivity index (χ1v) is 11.8. The number of ether oxygens (including phenoxy) is 2. The van der Waals surface area contributed by atoms with Crippen LogP contribution in [0.3, 0.4) is 0 Å². The number of nitrogens with zero attached hydrogens (tertiary/aromatic N) is 5. The Morgan fingerprint density at radius 2 is 1.73 bits per heavy atom. The third-order valence-electron chi connectivity index (χ3n) is 5.41. The molecule has 14 nitrogen and oxygen atoms in total. The van der Waals surface area contributed by atoms with Crippen molar-refractivity contribution in [2.45, 2.75) is 13.5 Å². The lowest BCUT2D eigenvalue weighted by molar-refractivity contribution is -0.393. The van der Waals surface area contributed by atoms with Crippen LogP contribution in [0, 0.1) is 20.2 Å². The molecule has 0 spiro atoms. The van der Waals surface area contributed by atoms with Gasteiger partial charge in [-0.15, -0.1) is 10.2 Å². The summed E-state index contributed by atoms with van der Waals surface area (Å²) in [5.41, 5.74) is -0.319. The first kappa shape index (κ1) is 29.4. The van der Waals surface area contributed by atoms with Gasteiger partial charge in [0.25, 0.3) is 5.69 Å². The average Bonchev–Trinajstić information content (AvgIpc) is 2.91. The van der Waals surface area contributed by atoms with Gasteiger partial charge < -0.3 is 19.7 Å². The van der Waals surface area contributed by atoms with Crippen LogP contribution in [0.25, 0.3) is 0 Å². The van der Waals surface area contributed by atoms with Crippen LogP contribution in [-0.4, -0.2) is 42.5 Å². The molecule has 3 rings (SSSR count). The van der Waals surface area contributed by atoms with Gasteiger partial charge in [0.05, 0.1) is 46.5 Å². The van der Waals surface area contributed by atoms with Gasteiger partial charge in [-0.1, -0.05) is 41.9 Å². The fourth-order valence-electron chi connectivity index (χ4n) is 3.61. The summed E-state index contributed by atoms with van der Waals surface area (Å²) in [7, 11) is 2.64. The highest BCUT2D eigenvalue weighted by molar-refractivity contribution is 6.33. The van der Waals surface area contributed by atoms with E-state index >= 15 is 0 Å². The van der Waals surface area contributed by atoms with E-state index in [0.29, 0.717) is 11.8 Å². The van der Waals surface area contributed by atoms with Crippen molar-refractivity contribution >= 4 is 57.6 Å². The van der Waals surface area contributed by atoms with E-state index in [1.54, 1.807) is 4.90 Å². The van der Waals surface area contributed by atoms with Crippen molar-refractivity contribution in [3.63, 3.8) is 0 Å². The number of hydrogen-bond acceptors (Lipinski definition) is 11. The third kappa shape index (κ3) is 7.26. The van der Waals surface area contributed by atoms with Crippen LogP contribution in [0.5, 0.6) is 5.75 Å². The molecule has 1 amide bonds. The second-order valence-corrected chi connectivity index (χ2v) is 8.56. The molecule has 3 aromatic carbocycles. The zero-order valence-corrected chi connectivity index (χ0v) is 22.2. The van der Waals surface area contributed by atoms with Gasteiger partial charge in [0.1, 0.15) is 18.0 Å². The number of benzene rings is 3. The summed E-state index contributed by atoms with van der Waals surface area (Å²) in [6.07, 6.45) is 0. The van der Waals surface area contributed by atoms with Crippen molar-refractivity contribution in [2.24, 2.45) is 10.2 Å². The van der Waals surface area contributed by atoms with Gasteiger partial charge >= 0.3 is 11.7 Å². The van der Waals surface area contributed by atoms with Crippen LogP contribution in [0.15, 0.2) is 64.8 Å². The predicted octanol–water partition coefficient (Wildman–Crippen LogP) is 5.72. The van der Waals surface area contributed by atoms with Gasteiger partial charge in [-0.25, -0.2) is 0 Å². The number of amides is 1. The molecule has 0 fully saturated rings. The third-order valence-corrected chi connectivity index (χ3v) is 5.69. The van der Waals surface area contributed by atoms with Crippen molar-refractivity contribution in [3.8, 4) is 5.75 Å². The van der Waals surface area contributed by atoms with Gasteiger partial charge in [-0.05, 0) is 11.6 Å². The fraction of sp³-hybridized carbons (Fsp3) is 0.200. The van der Waals surface area contributed by atoms with Crippen LogP contribution in [0.1, 0.15) is 12.5 Å². The molecule has 0 radical (unpaired) electrons. The molecule has 0 aromatic heterocycles. The highest BCUT2D eigenvalue weighted by atomic mass is 35.5. The largest absolute Gasteiger partial charge is 0.494 e. The molecule has 0 aliphatic heterocycles. The van der Waals surface area contributed by atoms with Crippen LogP contribution in [0.2, 0.25) is 5.02 Å². The molecule has 0 bridgehead atoms. The summed E-state index contributed by atoms with van der Waals surface area (Å²) in [6, 6.07) is 13.8. The maximum absolute atomic E-state index is 12.2. The molecule has 0 saturated carbocycles. The van der Waals surface area contributed by atoms with Crippen molar-refractivity contribution < 1.29 is 28.9 Å². The SMILES string of the molecule is COC(=O)CN(Cc1ccccc1)c1cc(NC(C)=O)c(N=Nc2c(Cl)cc([N+](=O)[O-])cc2[N+](=O)[O-])cc1OC. The maximum atomic E-state index is 12.2. The van der Waals surface area contributed by atoms with E-state index in [9.17, 15) is 29.8 Å². The number of non-ortho nitro benzene ring substituents is 1. The van der Waals surface area contributed by atoms with Crippen molar-refractivity contribution in [3.05, 3.63) is 85.4 Å². The lowest BCUT2D eigenvalue weighted by Crippen LogP contribution is -2.30. The van der Waals surface area contributed by atoms with E-state index in [4.69, 9.17) is 21.1 Å². The summed E-state index contributed by atoms with van der Waals surface area (Å²) in [4.78, 5) is 46.9. The van der Waals surface area contributed by atoms with Crippen molar-refractivity contribution in [1.82, 2.24) is 0 Å². The smallest absolute Gasteiger partial charge is 0.325 e. The quantitative estimate of drug-likeness (QED) is 0.130. The van der Waals surface area contributed by atoms with Crippen LogP contribution >= 0.6 is 11.6 Å². The van der Waals surface area contributed by atoms with Gasteiger partial charge in [-0.2, -0.15) is 0 Å². The number of rotatable bonds is 11. The normalized spacial score (nSPS) is 10.7. The van der Waals surface area contributed by atoms with E-state index in [1.165, 1.54) is 33.3 Å². The van der Waals surface area contributed by atoms with E-state index in [-0.39, 0.29) is 35.2 Å². The molecule has 208 valence electrons. The van der Waals surface area contributed by atoms with Gasteiger partial charge in [0.2, 0.25) is 5.91 Å². The number of nitrogens with one attached hydrogen (secondary N) is 1. The molecule has 0 unspecified atom stereocenters. The van der Waals surface area contributed by atoms with Gasteiger partial charge in [0, 0.05) is 25.6 Å².